The van der Waals surface area contributed by atoms with Gasteiger partial charge in [-0.1, -0.05) is 30.3 Å². The monoisotopic (exact) mass is 187 g/mol. The largest absolute Gasteiger partial charge is 0.398 e. The molecule has 3 heteroatoms. The molecule has 1 aromatic rings. The summed E-state index contributed by atoms with van der Waals surface area (Å²) < 4.78 is 0. The molecule has 1 unspecified atom stereocenters. The number of rotatable bonds is 1. The normalized spacial score (nSPS) is 25.4. The summed E-state index contributed by atoms with van der Waals surface area (Å²) in [6, 6.07) is 9.84. The van der Waals surface area contributed by atoms with Crippen LogP contribution in [0.25, 0.3) is 0 Å². The Balaban J connectivity index is 2.32. The Labute approximate surface area is 83.1 Å². The molecule has 3 nitrogen and oxygen atoms in total. The Morgan fingerprint density at radius 2 is 1.86 bits per heavy atom. The average Bonchev–Trinajstić information content (AvgIpc) is 2.24. The molecule has 1 aromatic carbocycles. The highest BCUT2D eigenvalue weighted by Gasteiger charge is 2.23. The van der Waals surface area contributed by atoms with E-state index in [1.54, 1.807) is 6.20 Å². The molecule has 1 aliphatic heterocycles. The van der Waals surface area contributed by atoms with E-state index in [9.17, 15) is 0 Å². The van der Waals surface area contributed by atoms with Crippen molar-refractivity contribution >= 4 is 0 Å². The van der Waals surface area contributed by atoms with Crippen molar-refractivity contribution < 1.29 is 0 Å². The number of hydrogen-bond acceptors (Lipinski definition) is 3. The molecule has 0 amide bonds. The lowest BCUT2D eigenvalue weighted by atomic mass is 9.98. The summed E-state index contributed by atoms with van der Waals surface area (Å²) in [6.07, 6.45) is 5.38. The highest BCUT2D eigenvalue weighted by Crippen LogP contribution is 2.19. The van der Waals surface area contributed by atoms with Gasteiger partial charge in [-0.3, -0.25) is 0 Å². The summed E-state index contributed by atoms with van der Waals surface area (Å²) in [4.78, 5) is 0. The van der Waals surface area contributed by atoms with Gasteiger partial charge in [0.25, 0.3) is 0 Å². The van der Waals surface area contributed by atoms with Crippen molar-refractivity contribution in [2.24, 2.45) is 11.5 Å². The number of dihydropyridines is 1. The van der Waals surface area contributed by atoms with Gasteiger partial charge in [-0.05, 0) is 17.7 Å². The quantitative estimate of drug-likeness (QED) is 0.608. The predicted octanol–water partition coefficient (Wildman–Crippen LogP) is 0.758. The van der Waals surface area contributed by atoms with Crippen LogP contribution in [0.15, 0.2) is 54.4 Å². The third-order valence-corrected chi connectivity index (χ3v) is 2.27. The fourth-order valence-corrected chi connectivity index (χ4v) is 1.42. The van der Waals surface area contributed by atoms with E-state index in [0.29, 0.717) is 5.70 Å². The van der Waals surface area contributed by atoms with Crippen molar-refractivity contribution in [1.29, 1.82) is 0 Å². The maximum atomic E-state index is 6.14. The van der Waals surface area contributed by atoms with Crippen molar-refractivity contribution in [3.8, 4) is 0 Å². The second-order valence-corrected chi connectivity index (χ2v) is 3.36. The van der Waals surface area contributed by atoms with Crippen molar-refractivity contribution in [3.05, 3.63) is 59.9 Å². The Morgan fingerprint density at radius 3 is 2.43 bits per heavy atom. The highest BCUT2D eigenvalue weighted by atomic mass is 15.1. The third-order valence-electron chi connectivity index (χ3n) is 2.27. The zero-order chi connectivity index (χ0) is 10.0. The first-order chi connectivity index (χ1) is 6.71. The molecular formula is C11H13N3. The second-order valence-electron chi connectivity index (χ2n) is 3.36. The zero-order valence-corrected chi connectivity index (χ0v) is 7.77. The molecular weight excluding hydrogens is 174 g/mol. The Kier molecular flexibility index (Phi) is 2.02. The van der Waals surface area contributed by atoms with E-state index in [-0.39, 0.29) is 0 Å². The average molecular weight is 187 g/mol. The van der Waals surface area contributed by atoms with Gasteiger partial charge in [0, 0.05) is 11.9 Å². The van der Waals surface area contributed by atoms with E-state index >= 15 is 0 Å². The summed E-state index contributed by atoms with van der Waals surface area (Å²) in [6.45, 7) is 0. The number of allylic oxidation sites excluding steroid dienone is 1. The molecule has 72 valence electrons. The predicted molar refractivity (Wildman–Crippen MR) is 56.9 cm³/mol. The first kappa shape index (κ1) is 8.84. The topological polar surface area (TPSA) is 64.1 Å². The van der Waals surface area contributed by atoms with Gasteiger partial charge in [0.05, 0.1) is 0 Å². The van der Waals surface area contributed by atoms with Crippen molar-refractivity contribution in [3.63, 3.8) is 0 Å². The van der Waals surface area contributed by atoms with Gasteiger partial charge in [0.15, 0.2) is 0 Å². The maximum absolute atomic E-state index is 6.14. The second kappa shape index (κ2) is 3.20. The van der Waals surface area contributed by atoms with Crippen molar-refractivity contribution in [2.75, 3.05) is 0 Å². The van der Waals surface area contributed by atoms with Gasteiger partial charge in [0.2, 0.25) is 0 Å². The molecule has 0 radical (unpaired) electrons. The molecule has 0 bridgehead atoms. The lowest BCUT2D eigenvalue weighted by molar-refractivity contribution is 0.491. The van der Waals surface area contributed by atoms with Crippen LogP contribution in [0, 0.1) is 0 Å². The summed E-state index contributed by atoms with van der Waals surface area (Å²) >= 11 is 0. The third kappa shape index (κ3) is 1.49. The maximum Gasteiger partial charge on any atom is 0.131 e. The van der Waals surface area contributed by atoms with Crippen LogP contribution in [-0.2, 0) is 5.66 Å². The van der Waals surface area contributed by atoms with Gasteiger partial charge in [-0.25, -0.2) is 0 Å². The number of nitrogens with one attached hydrogen (secondary N) is 1. The molecule has 0 spiro atoms. The van der Waals surface area contributed by atoms with Crippen molar-refractivity contribution in [1.82, 2.24) is 5.32 Å². The number of hydrogen-bond donors (Lipinski definition) is 3. The Bertz CT molecular complexity index is 381. The molecule has 0 fully saturated rings. The molecule has 1 heterocycles. The molecule has 0 aromatic heterocycles. The fourth-order valence-electron chi connectivity index (χ4n) is 1.42. The van der Waals surface area contributed by atoms with Crippen LogP contribution >= 0.6 is 0 Å². The van der Waals surface area contributed by atoms with Gasteiger partial charge in [-0.2, -0.15) is 0 Å². The van der Waals surface area contributed by atoms with E-state index in [1.165, 1.54) is 0 Å². The van der Waals surface area contributed by atoms with Gasteiger partial charge >= 0.3 is 0 Å². The summed E-state index contributed by atoms with van der Waals surface area (Å²) in [5.41, 5.74) is 12.8. The number of nitrogens with two attached hydrogens (primary N) is 2. The standard InChI is InChI=1S/C11H13N3/c12-10-6-7-11(13,14-8-10)9-4-2-1-3-5-9/h1-8,14H,12-13H2. The molecule has 14 heavy (non-hydrogen) atoms. The van der Waals surface area contributed by atoms with Crippen LogP contribution in [0.2, 0.25) is 0 Å². The van der Waals surface area contributed by atoms with Gasteiger partial charge in [0.1, 0.15) is 5.66 Å². The minimum Gasteiger partial charge on any atom is -0.398 e. The van der Waals surface area contributed by atoms with Crippen LogP contribution in [-0.4, -0.2) is 0 Å². The van der Waals surface area contributed by atoms with Crippen LogP contribution in [0.1, 0.15) is 5.56 Å². The van der Waals surface area contributed by atoms with Crippen LogP contribution in [0.3, 0.4) is 0 Å². The zero-order valence-electron chi connectivity index (χ0n) is 7.77. The van der Waals surface area contributed by atoms with Crippen LogP contribution in [0.5, 0.6) is 0 Å². The molecule has 1 aliphatic rings. The van der Waals surface area contributed by atoms with E-state index in [0.717, 1.165) is 5.56 Å². The van der Waals surface area contributed by atoms with Crippen molar-refractivity contribution in [2.45, 2.75) is 5.66 Å². The first-order valence-corrected chi connectivity index (χ1v) is 4.48. The van der Waals surface area contributed by atoms with E-state index in [2.05, 4.69) is 5.32 Å². The van der Waals surface area contributed by atoms with Crippen LogP contribution in [0.4, 0.5) is 0 Å². The van der Waals surface area contributed by atoms with E-state index in [4.69, 9.17) is 11.5 Å². The minimum absolute atomic E-state index is 0.635. The fraction of sp³-hybridized carbons (Fsp3) is 0.0909. The van der Waals surface area contributed by atoms with Gasteiger partial charge in [-0.15, -0.1) is 0 Å². The lowest BCUT2D eigenvalue weighted by Gasteiger charge is -2.29. The highest BCUT2D eigenvalue weighted by molar-refractivity contribution is 5.34. The van der Waals surface area contributed by atoms with Gasteiger partial charge < -0.3 is 16.8 Å². The minimum atomic E-state index is -0.635. The van der Waals surface area contributed by atoms with Crippen LogP contribution < -0.4 is 16.8 Å². The molecule has 0 aliphatic carbocycles. The summed E-state index contributed by atoms with van der Waals surface area (Å²) in [5, 5.41) is 3.07. The summed E-state index contributed by atoms with van der Waals surface area (Å²) in [5.74, 6) is 0. The SMILES string of the molecule is NC1=CNC(N)(c2ccccc2)C=C1. The lowest BCUT2D eigenvalue weighted by Crippen LogP contribution is -2.47. The Morgan fingerprint density at radius 1 is 1.14 bits per heavy atom. The molecule has 1 atom stereocenters. The van der Waals surface area contributed by atoms with E-state index < -0.39 is 5.66 Å². The first-order valence-electron chi connectivity index (χ1n) is 4.48. The molecule has 0 saturated heterocycles. The summed E-state index contributed by atoms with van der Waals surface area (Å²) in [7, 11) is 0. The molecule has 5 N–H and O–H groups in total. The number of benzene rings is 1. The Hall–Kier alpha value is -1.74. The smallest absolute Gasteiger partial charge is 0.131 e. The molecule has 2 rings (SSSR count). The van der Waals surface area contributed by atoms with E-state index in [1.807, 2.05) is 42.5 Å². The molecule has 0 saturated carbocycles.